The molecule has 0 saturated heterocycles. The van der Waals surface area contributed by atoms with Crippen molar-refractivity contribution in [3.8, 4) is 11.3 Å². The van der Waals surface area contributed by atoms with E-state index in [1.165, 1.54) is 11.1 Å². The Morgan fingerprint density at radius 3 is 2.50 bits per heavy atom. The molecule has 26 heavy (non-hydrogen) atoms. The number of aromatic nitrogens is 2. The van der Waals surface area contributed by atoms with Crippen molar-refractivity contribution >= 4 is 33.0 Å². The predicted octanol–water partition coefficient (Wildman–Crippen LogP) is 5.65. The molecule has 0 fully saturated rings. The molecule has 0 amide bonds. The van der Waals surface area contributed by atoms with E-state index in [4.69, 9.17) is 4.99 Å². The number of rotatable bonds is 4. The summed E-state index contributed by atoms with van der Waals surface area (Å²) in [5.74, 6) is 0. The molecule has 128 valence electrons. The molecule has 0 aliphatic carbocycles. The van der Waals surface area contributed by atoms with Crippen molar-refractivity contribution in [2.75, 3.05) is 0 Å². The zero-order valence-corrected chi connectivity index (χ0v) is 16.3. The zero-order chi connectivity index (χ0) is 17.8. The third kappa shape index (κ3) is 3.84. The minimum Gasteiger partial charge on any atom is -0.312 e. The molecule has 4 aromatic rings. The maximum absolute atomic E-state index is 4.81. The summed E-state index contributed by atoms with van der Waals surface area (Å²) in [6, 6.07) is 22.7. The van der Waals surface area contributed by atoms with Crippen LogP contribution in [0.5, 0.6) is 0 Å². The van der Waals surface area contributed by atoms with Gasteiger partial charge in [-0.15, -0.1) is 11.3 Å². The van der Waals surface area contributed by atoms with Gasteiger partial charge in [-0.05, 0) is 35.4 Å². The van der Waals surface area contributed by atoms with Crippen molar-refractivity contribution in [1.82, 2.24) is 9.55 Å². The number of halogens is 1. The second-order valence-electron chi connectivity index (χ2n) is 5.81. The van der Waals surface area contributed by atoms with E-state index in [-0.39, 0.29) is 0 Å². The Balaban J connectivity index is 1.84. The van der Waals surface area contributed by atoms with Crippen LogP contribution < -0.4 is 4.80 Å². The van der Waals surface area contributed by atoms with E-state index in [0.717, 1.165) is 27.2 Å². The van der Waals surface area contributed by atoms with E-state index < -0.39 is 0 Å². The summed E-state index contributed by atoms with van der Waals surface area (Å²) in [6.07, 6.45) is 3.55. The summed E-state index contributed by atoms with van der Waals surface area (Å²) in [5, 5.41) is 2.17. The van der Waals surface area contributed by atoms with Gasteiger partial charge < -0.3 is 4.57 Å². The predicted molar refractivity (Wildman–Crippen MR) is 110 cm³/mol. The smallest absolute Gasteiger partial charge is 0.190 e. The maximum atomic E-state index is 4.81. The molecule has 0 atom stereocenters. The highest BCUT2D eigenvalue weighted by Crippen LogP contribution is 2.23. The topological polar surface area (TPSA) is 30.2 Å². The van der Waals surface area contributed by atoms with Gasteiger partial charge in [-0.25, -0.2) is 4.99 Å². The fourth-order valence-electron chi connectivity index (χ4n) is 2.72. The minimum atomic E-state index is 0.773. The van der Waals surface area contributed by atoms with Gasteiger partial charge in [-0.2, -0.15) is 0 Å². The van der Waals surface area contributed by atoms with E-state index in [0.29, 0.717) is 0 Å². The first-order chi connectivity index (χ1) is 12.8. The molecule has 0 radical (unpaired) electrons. The molecule has 0 spiro atoms. The lowest BCUT2D eigenvalue weighted by Gasteiger charge is -2.10. The highest BCUT2D eigenvalue weighted by atomic mass is 79.9. The second-order valence-corrected chi connectivity index (χ2v) is 7.56. The van der Waals surface area contributed by atoms with Crippen LogP contribution in [0.4, 0.5) is 5.69 Å². The van der Waals surface area contributed by atoms with E-state index in [1.807, 2.05) is 18.2 Å². The van der Waals surface area contributed by atoms with Crippen LogP contribution in [0.1, 0.15) is 5.56 Å². The van der Waals surface area contributed by atoms with Gasteiger partial charge in [-0.3, -0.25) is 4.98 Å². The Hall–Kier alpha value is -2.50. The van der Waals surface area contributed by atoms with Gasteiger partial charge in [0.15, 0.2) is 4.80 Å². The molecule has 0 unspecified atom stereocenters. The summed E-state index contributed by atoms with van der Waals surface area (Å²) in [6.45, 7) is 0.773. The fourth-order valence-corrected chi connectivity index (χ4v) is 3.91. The molecule has 0 N–H and O–H groups in total. The van der Waals surface area contributed by atoms with Gasteiger partial charge in [0.1, 0.15) is 0 Å². The average Bonchev–Trinajstić information content (AvgIpc) is 3.06. The number of nitrogens with zero attached hydrogens (tertiary/aromatic N) is 3. The Labute approximate surface area is 164 Å². The van der Waals surface area contributed by atoms with Crippen LogP contribution in [0.2, 0.25) is 0 Å². The molecule has 2 aromatic carbocycles. The highest BCUT2D eigenvalue weighted by molar-refractivity contribution is 9.10. The average molecular weight is 422 g/mol. The van der Waals surface area contributed by atoms with Gasteiger partial charge in [-0.1, -0.05) is 58.4 Å². The molecule has 0 bridgehead atoms. The monoisotopic (exact) mass is 421 g/mol. The third-order valence-corrected chi connectivity index (χ3v) is 5.38. The molecule has 2 aromatic heterocycles. The molecule has 4 rings (SSSR count). The molecule has 5 heteroatoms. The van der Waals surface area contributed by atoms with Crippen molar-refractivity contribution in [1.29, 1.82) is 0 Å². The van der Waals surface area contributed by atoms with Crippen LogP contribution in [0.25, 0.3) is 11.3 Å². The SMILES string of the molecule is Brc1ccc(-c2csc(=Nc3cccnc3)n2Cc2ccccc2)cc1. The molecule has 3 nitrogen and oxygen atoms in total. The number of hydrogen-bond donors (Lipinski definition) is 0. The lowest BCUT2D eigenvalue weighted by Crippen LogP contribution is -2.16. The standard InChI is InChI=1S/C21H16BrN3S/c22-18-10-8-17(9-11-18)20-15-26-21(24-19-7-4-12-23-13-19)25(20)14-16-5-2-1-3-6-16/h1-13,15H,14H2. The number of hydrogen-bond acceptors (Lipinski definition) is 3. The number of thiazole rings is 1. The minimum absolute atomic E-state index is 0.773. The number of benzene rings is 2. The lowest BCUT2D eigenvalue weighted by molar-refractivity contribution is 0.778. The quantitative estimate of drug-likeness (QED) is 0.418. The Morgan fingerprint density at radius 2 is 1.77 bits per heavy atom. The Morgan fingerprint density at radius 1 is 0.962 bits per heavy atom. The molecule has 0 aliphatic rings. The highest BCUT2D eigenvalue weighted by Gasteiger charge is 2.09. The van der Waals surface area contributed by atoms with E-state index in [9.17, 15) is 0 Å². The van der Waals surface area contributed by atoms with Crippen molar-refractivity contribution in [2.45, 2.75) is 6.54 Å². The normalized spacial score (nSPS) is 11.7. The molecule has 0 aliphatic heterocycles. The van der Waals surface area contributed by atoms with Crippen molar-refractivity contribution < 1.29 is 0 Å². The van der Waals surface area contributed by atoms with Gasteiger partial charge >= 0.3 is 0 Å². The van der Waals surface area contributed by atoms with Gasteiger partial charge in [0.25, 0.3) is 0 Å². The lowest BCUT2D eigenvalue weighted by atomic mass is 10.1. The second kappa shape index (κ2) is 7.81. The first kappa shape index (κ1) is 16.9. The van der Waals surface area contributed by atoms with E-state index in [2.05, 4.69) is 79.4 Å². The largest absolute Gasteiger partial charge is 0.312 e. The molecule has 2 heterocycles. The van der Waals surface area contributed by atoms with E-state index in [1.54, 1.807) is 23.7 Å². The Bertz CT molecular complexity index is 1050. The summed E-state index contributed by atoms with van der Waals surface area (Å²) < 4.78 is 3.34. The van der Waals surface area contributed by atoms with Gasteiger partial charge in [0.2, 0.25) is 0 Å². The molecule has 0 saturated carbocycles. The third-order valence-electron chi connectivity index (χ3n) is 3.99. The van der Waals surface area contributed by atoms with Crippen molar-refractivity contribution in [3.05, 3.63) is 99.3 Å². The van der Waals surface area contributed by atoms with Gasteiger partial charge in [0.05, 0.1) is 24.1 Å². The number of pyridine rings is 1. The molecular formula is C21H16BrN3S. The van der Waals surface area contributed by atoms with Crippen LogP contribution in [0.15, 0.2) is 94.0 Å². The van der Waals surface area contributed by atoms with Crippen LogP contribution in [-0.2, 0) is 6.54 Å². The fraction of sp³-hybridized carbons (Fsp3) is 0.0476. The van der Waals surface area contributed by atoms with Crippen molar-refractivity contribution in [2.24, 2.45) is 4.99 Å². The van der Waals surface area contributed by atoms with Crippen LogP contribution in [-0.4, -0.2) is 9.55 Å². The van der Waals surface area contributed by atoms with Gasteiger partial charge in [0, 0.05) is 16.0 Å². The van der Waals surface area contributed by atoms with Crippen molar-refractivity contribution in [3.63, 3.8) is 0 Å². The summed E-state index contributed by atoms with van der Waals surface area (Å²) in [4.78, 5) is 9.93. The Kier molecular flexibility index (Phi) is 5.09. The van der Waals surface area contributed by atoms with Crippen LogP contribution >= 0.6 is 27.3 Å². The summed E-state index contributed by atoms with van der Waals surface area (Å²) >= 11 is 5.16. The van der Waals surface area contributed by atoms with E-state index >= 15 is 0 Å². The summed E-state index contributed by atoms with van der Waals surface area (Å²) in [7, 11) is 0. The maximum Gasteiger partial charge on any atom is 0.190 e. The summed E-state index contributed by atoms with van der Waals surface area (Å²) in [5.41, 5.74) is 4.44. The van der Waals surface area contributed by atoms with Crippen LogP contribution in [0.3, 0.4) is 0 Å². The van der Waals surface area contributed by atoms with Crippen LogP contribution in [0, 0.1) is 0 Å². The zero-order valence-electron chi connectivity index (χ0n) is 13.9. The first-order valence-corrected chi connectivity index (χ1v) is 9.90. The molecular weight excluding hydrogens is 406 g/mol. The first-order valence-electron chi connectivity index (χ1n) is 8.22.